The van der Waals surface area contributed by atoms with Crippen LogP contribution in [0, 0.1) is 9.39 Å². The lowest BCUT2D eigenvalue weighted by Gasteiger charge is -2.10. The Morgan fingerprint density at radius 2 is 1.82 bits per heavy atom. The molecule has 2 nitrogen and oxygen atoms in total. The molecule has 0 saturated carbocycles. The number of nitrogen functional groups attached to an aromatic ring is 1. The minimum absolute atomic E-state index is 0.341. The molecule has 0 aliphatic rings. The molecule has 0 aliphatic heterocycles. The van der Waals surface area contributed by atoms with E-state index in [2.05, 4.69) is 43.8 Å². The quantitative estimate of drug-likeness (QED) is 0.568. The van der Waals surface area contributed by atoms with Crippen LogP contribution in [-0.4, -0.2) is 0 Å². The summed E-state index contributed by atoms with van der Waals surface area (Å²) in [6, 6.07) is 10.7. The lowest BCUT2D eigenvalue weighted by atomic mass is 10.2. The van der Waals surface area contributed by atoms with Gasteiger partial charge in [0.15, 0.2) is 0 Å². The Balaban J connectivity index is 2.30. The predicted molar refractivity (Wildman–Crippen MR) is 81.0 cm³/mol. The number of anilines is 3. The topological polar surface area (TPSA) is 38.0 Å². The summed E-state index contributed by atoms with van der Waals surface area (Å²) in [6.07, 6.45) is 0. The first-order valence-electron chi connectivity index (χ1n) is 4.83. The second kappa shape index (κ2) is 5.22. The molecule has 0 aromatic heterocycles. The third-order valence-corrected chi connectivity index (χ3v) is 3.54. The van der Waals surface area contributed by atoms with E-state index in [0.29, 0.717) is 15.8 Å². The van der Waals surface area contributed by atoms with Gasteiger partial charge in [0, 0.05) is 15.3 Å². The molecule has 0 atom stereocenters. The number of hydrogen-bond donors (Lipinski definition) is 2. The Kier molecular flexibility index (Phi) is 3.88. The van der Waals surface area contributed by atoms with Gasteiger partial charge in [-0.05, 0) is 68.9 Å². The van der Waals surface area contributed by atoms with Crippen molar-refractivity contribution in [3.63, 3.8) is 0 Å². The fraction of sp³-hybridized carbons (Fsp3) is 0. The van der Waals surface area contributed by atoms with Gasteiger partial charge < -0.3 is 11.1 Å². The van der Waals surface area contributed by atoms with Crippen molar-refractivity contribution in [2.75, 3.05) is 11.1 Å². The summed E-state index contributed by atoms with van der Waals surface area (Å²) in [4.78, 5) is 0. The van der Waals surface area contributed by atoms with E-state index in [1.807, 2.05) is 24.3 Å². The maximum absolute atomic E-state index is 13.4. The van der Waals surface area contributed by atoms with Crippen molar-refractivity contribution in [1.82, 2.24) is 0 Å². The highest BCUT2D eigenvalue weighted by atomic mass is 127. The zero-order valence-electron chi connectivity index (χ0n) is 8.68. The SMILES string of the molecule is Nc1cc(Br)c(F)cc1Nc1ccc(I)cc1. The number of rotatable bonds is 2. The molecule has 2 aromatic carbocycles. The standard InChI is InChI=1S/C12H9BrFIN2/c13-9-5-11(16)12(6-10(9)14)17-8-3-1-7(15)2-4-8/h1-6,17H,16H2. The molecule has 2 rings (SSSR count). The molecule has 17 heavy (non-hydrogen) atoms. The maximum Gasteiger partial charge on any atom is 0.139 e. The molecule has 0 bridgehead atoms. The average Bonchev–Trinajstić information content (AvgIpc) is 2.29. The first kappa shape index (κ1) is 12.6. The highest BCUT2D eigenvalue weighted by molar-refractivity contribution is 14.1. The largest absolute Gasteiger partial charge is 0.397 e. The molecule has 5 heteroatoms. The van der Waals surface area contributed by atoms with Gasteiger partial charge in [-0.15, -0.1) is 0 Å². The lowest BCUT2D eigenvalue weighted by Crippen LogP contribution is -1.97. The summed E-state index contributed by atoms with van der Waals surface area (Å²) >= 11 is 5.32. The van der Waals surface area contributed by atoms with Crippen LogP contribution in [0.4, 0.5) is 21.5 Å². The van der Waals surface area contributed by atoms with E-state index < -0.39 is 0 Å². The summed E-state index contributed by atoms with van der Waals surface area (Å²) < 4.78 is 14.9. The fourth-order valence-electron chi connectivity index (χ4n) is 1.36. The van der Waals surface area contributed by atoms with Gasteiger partial charge in [-0.3, -0.25) is 0 Å². The minimum atomic E-state index is -0.341. The van der Waals surface area contributed by atoms with Crippen molar-refractivity contribution < 1.29 is 4.39 Å². The first-order chi connectivity index (χ1) is 8.06. The summed E-state index contributed by atoms with van der Waals surface area (Å²) in [5.41, 5.74) is 7.74. The van der Waals surface area contributed by atoms with Crippen LogP contribution in [0.15, 0.2) is 40.9 Å². The molecular weight excluding hydrogens is 398 g/mol. The Morgan fingerprint density at radius 3 is 2.47 bits per heavy atom. The van der Waals surface area contributed by atoms with Crippen LogP contribution in [-0.2, 0) is 0 Å². The Labute approximate surface area is 121 Å². The second-order valence-electron chi connectivity index (χ2n) is 3.49. The third-order valence-electron chi connectivity index (χ3n) is 2.22. The first-order valence-corrected chi connectivity index (χ1v) is 6.70. The highest BCUT2D eigenvalue weighted by Gasteiger charge is 2.06. The smallest absolute Gasteiger partial charge is 0.139 e. The summed E-state index contributed by atoms with van der Waals surface area (Å²) in [7, 11) is 0. The second-order valence-corrected chi connectivity index (χ2v) is 5.59. The van der Waals surface area contributed by atoms with Gasteiger partial charge >= 0.3 is 0 Å². The van der Waals surface area contributed by atoms with Gasteiger partial charge in [0.1, 0.15) is 5.82 Å². The van der Waals surface area contributed by atoms with Crippen LogP contribution < -0.4 is 11.1 Å². The summed E-state index contributed by atoms with van der Waals surface area (Å²) in [5.74, 6) is -0.341. The molecule has 0 aliphatic carbocycles. The zero-order chi connectivity index (χ0) is 12.4. The van der Waals surface area contributed by atoms with Crippen LogP contribution in [0.3, 0.4) is 0 Å². The molecule has 2 aromatic rings. The average molecular weight is 407 g/mol. The minimum Gasteiger partial charge on any atom is -0.397 e. The van der Waals surface area contributed by atoms with Crippen LogP contribution >= 0.6 is 38.5 Å². The van der Waals surface area contributed by atoms with Crippen molar-refractivity contribution >= 4 is 55.6 Å². The molecule has 0 spiro atoms. The van der Waals surface area contributed by atoms with Crippen molar-refractivity contribution in [3.05, 3.63) is 50.3 Å². The predicted octanol–water partition coefficient (Wildman–Crippen LogP) is 4.52. The molecule has 0 amide bonds. The summed E-state index contributed by atoms with van der Waals surface area (Å²) in [6.45, 7) is 0. The molecule has 0 unspecified atom stereocenters. The van der Waals surface area contributed by atoms with Crippen molar-refractivity contribution in [2.24, 2.45) is 0 Å². The Hall–Kier alpha value is -0.820. The Morgan fingerprint density at radius 1 is 1.18 bits per heavy atom. The van der Waals surface area contributed by atoms with Gasteiger partial charge in [-0.1, -0.05) is 0 Å². The van der Waals surface area contributed by atoms with E-state index >= 15 is 0 Å². The third kappa shape index (κ3) is 3.10. The fourth-order valence-corrected chi connectivity index (χ4v) is 2.08. The van der Waals surface area contributed by atoms with Crippen LogP contribution in [0.1, 0.15) is 0 Å². The highest BCUT2D eigenvalue weighted by Crippen LogP contribution is 2.29. The molecule has 0 saturated heterocycles. The molecule has 88 valence electrons. The van der Waals surface area contributed by atoms with E-state index in [-0.39, 0.29) is 5.82 Å². The maximum atomic E-state index is 13.4. The lowest BCUT2D eigenvalue weighted by molar-refractivity contribution is 0.622. The van der Waals surface area contributed by atoms with Crippen LogP contribution in [0.2, 0.25) is 0 Å². The van der Waals surface area contributed by atoms with Gasteiger partial charge in [-0.2, -0.15) is 0 Å². The van der Waals surface area contributed by atoms with E-state index in [1.165, 1.54) is 6.07 Å². The van der Waals surface area contributed by atoms with Gasteiger partial charge in [-0.25, -0.2) is 4.39 Å². The number of nitrogens with two attached hydrogens (primary N) is 1. The van der Waals surface area contributed by atoms with E-state index in [0.717, 1.165) is 9.26 Å². The number of hydrogen-bond acceptors (Lipinski definition) is 2. The van der Waals surface area contributed by atoms with Gasteiger partial charge in [0.2, 0.25) is 0 Å². The van der Waals surface area contributed by atoms with Crippen molar-refractivity contribution in [2.45, 2.75) is 0 Å². The van der Waals surface area contributed by atoms with Crippen LogP contribution in [0.5, 0.6) is 0 Å². The number of benzene rings is 2. The number of nitrogens with one attached hydrogen (secondary N) is 1. The van der Waals surface area contributed by atoms with E-state index in [1.54, 1.807) is 6.07 Å². The normalized spacial score (nSPS) is 10.3. The summed E-state index contributed by atoms with van der Waals surface area (Å²) in [5, 5.41) is 3.08. The molecule has 0 radical (unpaired) electrons. The molecule has 0 fully saturated rings. The van der Waals surface area contributed by atoms with E-state index in [9.17, 15) is 4.39 Å². The Bertz CT molecular complexity index is 543. The van der Waals surface area contributed by atoms with Crippen molar-refractivity contribution in [1.29, 1.82) is 0 Å². The molecular formula is C12H9BrFIN2. The van der Waals surface area contributed by atoms with Gasteiger partial charge in [0.05, 0.1) is 15.8 Å². The van der Waals surface area contributed by atoms with Crippen molar-refractivity contribution in [3.8, 4) is 0 Å². The molecule has 0 heterocycles. The molecule has 3 N–H and O–H groups in total. The van der Waals surface area contributed by atoms with E-state index in [4.69, 9.17) is 5.73 Å². The van der Waals surface area contributed by atoms with Gasteiger partial charge in [0.25, 0.3) is 0 Å². The van der Waals surface area contributed by atoms with Crippen LogP contribution in [0.25, 0.3) is 0 Å². The zero-order valence-corrected chi connectivity index (χ0v) is 12.4. The number of halogens is 3. The monoisotopic (exact) mass is 406 g/mol.